The van der Waals surface area contributed by atoms with Gasteiger partial charge in [-0.15, -0.1) is 0 Å². The highest BCUT2D eigenvalue weighted by Gasteiger charge is 2.23. The summed E-state index contributed by atoms with van der Waals surface area (Å²) >= 11 is 0. The molecular formula is C19H28N2O4. The van der Waals surface area contributed by atoms with Crippen LogP contribution in [-0.4, -0.2) is 50.1 Å². The Morgan fingerprint density at radius 1 is 1.16 bits per heavy atom. The summed E-state index contributed by atoms with van der Waals surface area (Å²) in [7, 11) is 3.17. The number of nitrogens with one attached hydrogen (secondary N) is 1. The molecule has 0 unspecified atom stereocenters. The van der Waals surface area contributed by atoms with Crippen LogP contribution in [0.25, 0.3) is 0 Å². The number of likely N-dealkylation sites (tertiary alicyclic amines) is 1. The largest absolute Gasteiger partial charge is 0.493 e. The fraction of sp³-hybridized carbons (Fsp3) is 0.579. The number of methoxy groups -OCH3 is 2. The Labute approximate surface area is 149 Å². The van der Waals surface area contributed by atoms with Crippen LogP contribution in [0.5, 0.6) is 11.5 Å². The number of carbonyl (C=O) groups is 2. The summed E-state index contributed by atoms with van der Waals surface area (Å²) in [5.74, 6) is 1.50. The summed E-state index contributed by atoms with van der Waals surface area (Å²) in [5.41, 5.74) is 0.904. The molecule has 0 aromatic heterocycles. The van der Waals surface area contributed by atoms with Crippen LogP contribution in [0.15, 0.2) is 18.2 Å². The highest BCUT2D eigenvalue weighted by atomic mass is 16.5. The van der Waals surface area contributed by atoms with E-state index in [0.717, 1.165) is 24.8 Å². The van der Waals surface area contributed by atoms with Crippen LogP contribution in [0.1, 0.15) is 38.2 Å². The topological polar surface area (TPSA) is 67.9 Å². The zero-order valence-electron chi connectivity index (χ0n) is 15.3. The van der Waals surface area contributed by atoms with Gasteiger partial charge in [-0.3, -0.25) is 9.59 Å². The van der Waals surface area contributed by atoms with Crippen molar-refractivity contribution in [1.29, 1.82) is 0 Å². The average Bonchev–Trinajstić information content (AvgIpc) is 2.62. The molecule has 0 radical (unpaired) electrons. The lowest BCUT2D eigenvalue weighted by atomic mass is 10.0. The molecule has 25 heavy (non-hydrogen) atoms. The van der Waals surface area contributed by atoms with Crippen molar-refractivity contribution in [2.45, 2.75) is 45.1 Å². The van der Waals surface area contributed by atoms with E-state index in [0.29, 0.717) is 37.4 Å². The second-order valence-corrected chi connectivity index (χ2v) is 6.34. The molecule has 1 aliphatic rings. The van der Waals surface area contributed by atoms with E-state index in [9.17, 15) is 9.59 Å². The lowest BCUT2D eigenvalue weighted by Gasteiger charge is -2.32. The maximum Gasteiger partial charge on any atom is 0.226 e. The van der Waals surface area contributed by atoms with E-state index >= 15 is 0 Å². The second kappa shape index (κ2) is 9.30. The van der Waals surface area contributed by atoms with Crippen LogP contribution in [0.3, 0.4) is 0 Å². The fourth-order valence-electron chi connectivity index (χ4n) is 3.08. The van der Waals surface area contributed by atoms with Crippen molar-refractivity contribution in [3.8, 4) is 11.5 Å². The monoisotopic (exact) mass is 348 g/mol. The minimum absolute atomic E-state index is 0.102. The third-order valence-electron chi connectivity index (χ3n) is 4.49. The Hall–Kier alpha value is -2.24. The van der Waals surface area contributed by atoms with Gasteiger partial charge in [0.2, 0.25) is 11.8 Å². The maximum atomic E-state index is 12.5. The molecule has 6 nitrogen and oxygen atoms in total. The van der Waals surface area contributed by atoms with Crippen molar-refractivity contribution in [3.05, 3.63) is 23.8 Å². The lowest BCUT2D eigenvalue weighted by Crippen LogP contribution is -2.46. The molecule has 1 heterocycles. The van der Waals surface area contributed by atoms with Gasteiger partial charge in [0, 0.05) is 25.6 Å². The van der Waals surface area contributed by atoms with Gasteiger partial charge in [0.25, 0.3) is 0 Å². The first-order chi connectivity index (χ1) is 12.1. The zero-order valence-corrected chi connectivity index (χ0v) is 15.3. The molecule has 1 aromatic rings. The summed E-state index contributed by atoms with van der Waals surface area (Å²) in [6.45, 7) is 3.36. The van der Waals surface area contributed by atoms with Crippen molar-refractivity contribution < 1.29 is 19.1 Å². The fourth-order valence-corrected chi connectivity index (χ4v) is 3.08. The number of benzene rings is 1. The van der Waals surface area contributed by atoms with E-state index in [4.69, 9.17) is 9.47 Å². The van der Waals surface area contributed by atoms with Crippen molar-refractivity contribution in [2.75, 3.05) is 27.3 Å². The molecule has 2 amide bonds. The number of hydrogen-bond donors (Lipinski definition) is 1. The SMILES string of the molecule is CCCC(=O)NC1CCN(C(=O)Cc2ccc(OC)c(OC)c2)CC1. The predicted molar refractivity (Wildman–Crippen MR) is 95.9 cm³/mol. The van der Waals surface area contributed by atoms with E-state index in [1.807, 2.05) is 30.0 Å². The van der Waals surface area contributed by atoms with Gasteiger partial charge in [0.05, 0.1) is 20.6 Å². The second-order valence-electron chi connectivity index (χ2n) is 6.34. The Kier molecular flexibility index (Phi) is 7.10. The number of hydrogen-bond acceptors (Lipinski definition) is 4. The number of piperidine rings is 1. The van der Waals surface area contributed by atoms with Gasteiger partial charge in [-0.2, -0.15) is 0 Å². The third kappa shape index (κ3) is 5.37. The third-order valence-corrected chi connectivity index (χ3v) is 4.49. The van der Waals surface area contributed by atoms with Crippen molar-refractivity contribution in [2.24, 2.45) is 0 Å². The van der Waals surface area contributed by atoms with E-state index in [1.165, 1.54) is 0 Å². The number of rotatable bonds is 7. The first-order valence-electron chi connectivity index (χ1n) is 8.85. The van der Waals surface area contributed by atoms with E-state index < -0.39 is 0 Å². The smallest absolute Gasteiger partial charge is 0.226 e. The Balaban J connectivity index is 1.85. The van der Waals surface area contributed by atoms with Gasteiger partial charge in [-0.05, 0) is 37.0 Å². The number of ether oxygens (including phenoxy) is 2. The van der Waals surface area contributed by atoms with Crippen LogP contribution in [0.2, 0.25) is 0 Å². The van der Waals surface area contributed by atoms with Gasteiger partial charge in [-0.25, -0.2) is 0 Å². The van der Waals surface area contributed by atoms with Crippen LogP contribution in [-0.2, 0) is 16.0 Å². The molecule has 6 heteroatoms. The Bertz CT molecular complexity index is 595. The quantitative estimate of drug-likeness (QED) is 0.820. The molecule has 1 saturated heterocycles. The average molecular weight is 348 g/mol. The highest BCUT2D eigenvalue weighted by molar-refractivity contribution is 5.79. The molecule has 1 fully saturated rings. The van der Waals surface area contributed by atoms with Crippen LogP contribution in [0.4, 0.5) is 0 Å². The van der Waals surface area contributed by atoms with E-state index in [-0.39, 0.29) is 17.9 Å². The molecule has 0 spiro atoms. The van der Waals surface area contributed by atoms with Crippen LogP contribution < -0.4 is 14.8 Å². The molecule has 0 bridgehead atoms. The standard InChI is InChI=1S/C19H28N2O4/c1-4-5-18(22)20-15-8-10-21(11-9-15)19(23)13-14-6-7-16(24-2)17(12-14)25-3/h6-7,12,15H,4-5,8-11,13H2,1-3H3,(H,20,22). The molecule has 1 N–H and O–H groups in total. The van der Waals surface area contributed by atoms with Gasteiger partial charge in [0.1, 0.15) is 0 Å². The Morgan fingerprint density at radius 2 is 1.84 bits per heavy atom. The number of carbonyl (C=O) groups excluding carboxylic acids is 2. The molecule has 1 aliphatic heterocycles. The first kappa shape index (κ1) is 19.1. The van der Waals surface area contributed by atoms with Crippen molar-refractivity contribution in [3.63, 3.8) is 0 Å². The molecule has 0 saturated carbocycles. The van der Waals surface area contributed by atoms with Crippen molar-refractivity contribution in [1.82, 2.24) is 10.2 Å². The maximum absolute atomic E-state index is 12.5. The van der Waals surface area contributed by atoms with Gasteiger partial charge in [0.15, 0.2) is 11.5 Å². The molecule has 2 rings (SSSR count). The lowest BCUT2D eigenvalue weighted by molar-refractivity contribution is -0.131. The predicted octanol–water partition coefficient (Wildman–Crippen LogP) is 2.15. The zero-order chi connectivity index (χ0) is 18.2. The van der Waals surface area contributed by atoms with Gasteiger partial charge >= 0.3 is 0 Å². The summed E-state index contributed by atoms with van der Waals surface area (Å²) in [5, 5.41) is 3.05. The highest BCUT2D eigenvalue weighted by Crippen LogP contribution is 2.28. The molecule has 0 aliphatic carbocycles. The number of nitrogens with zero attached hydrogens (tertiary/aromatic N) is 1. The molecule has 138 valence electrons. The Morgan fingerprint density at radius 3 is 2.44 bits per heavy atom. The van der Waals surface area contributed by atoms with Crippen LogP contribution >= 0.6 is 0 Å². The summed E-state index contributed by atoms with van der Waals surface area (Å²) in [6.07, 6.45) is 3.39. The van der Waals surface area contributed by atoms with Crippen molar-refractivity contribution >= 4 is 11.8 Å². The summed E-state index contributed by atoms with van der Waals surface area (Å²) < 4.78 is 10.5. The molecule has 0 atom stereocenters. The summed E-state index contributed by atoms with van der Waals surface area (Å²) in [4.78, 5) is 26.1. The minimum Gasteiger partial charge on any atom is -0.493 e. The first-order valence-corrected chi connectivity index (χ1v) is 8.85. The van der Waals surface area contributed by atoms with E-state index in [1.54, 1.807) is 14.2 Å². The molecule has 1 aromatic carbocycles. The van der Waals surface area contributed by atoms with E-state index in [2.05, 4.69) is 5.32 Å². The van der Waals surface area contributed by atoms with Gasteiger partial charge in [-0.1, -0.05) is 13.0 Å². The number of amides is 2. The van der Waals surface area contributed by atoms with Gasteiger partial charge < -0.3 is 19.7 Å². The molecular weight excluding hydrogens is 320 g/mol. The minimum atomic E-state index is 0.102. The summed E-state index contributed by atoms with van der Waals surface area (Å²) in [6, 6.07) is 5.73. The van der Waals surface area contributed by atoms with Crippen LogP contribution in [0, 0.1) is 0 Å². The normalized spacial score (nSPS) is 14.9.